The van der Waals surface area contributed by atoms with Crippen LogP contribution in [0, 0.1) is 6.92 Å². The molecule has 0 saturated carbocycles. The number of carbonyl (C=O) groups is 1. The number of benzene rings is 3. The summed E-state index contributed by atoms with van der Waals surface area (Å²) in [5, 5.41) is 6.40. The van der Waals surface area contributed by atoms with Crippen LogP contribution in [0.2, 0.25) is 5.02 Å². The van der Waals surface area contributed by atoms with E-state index < -0.39 is 21.8 Å². The first-order chi connectivity index (χ1) is 20.5. The van der Waals surface area contributed by atoms with E-state index in [1.807, 2.05) is 62.4 Å². The standard InChI is InChI=1S/C32H33ClN4O5S/c1-5-19-41-31(38)37-32(3,4)25-14-12-24(13-15-25)29-27(33)21-34-30(36-29)35-26-16-10-23(11-17-26)18-20-42-43(39,40)28-9-7-6-8-22(28)2/h5-17,21H,1,18-20H2,2-4H3,(H,37,38)(H,34,35,36). The van der Waals surface area contributed by atoms with E-state index in [1.54, 1.807) is 25.1 Å². The number of hydrogen-bond acceptors (Lipinski definition) is 8. The van der Waals surface area contributed by atoms with Crippen molar-refractivity contribution in [1.82, 2.24) is 15.3 Å². The number of aryl methyl sites for hydroxylation is 1. The monoisotopic (exact) mass is 620 g/mol. The predicted octanol–water partition coefficient (Wildman–Crippen LogP) is 6.94. The van der Waals surface area contributed by atoms with E-state index in [-0.39, 0.29) is 18.1 Å². The van der Waals surface area contributed by atoms with Crippen molar-refractivity contribution < 1.29 is 22.1 Å². The largest absolute Gasteiger partial charge is 0.445 e. The van der Waals surface area contributed by atoms with Crippen molar-refractivity contribution in [3.8, 4) is 11.3 Å². The summed E-state index contributed by atoms with van der Waals surface area (Å²) >= 11 is 6.44. The summed E-state index contributed by atoms with van der Waals surface area (Å²) in [6, 6.07) is 21.7. The third-order valence-corrected chi connectivity index (χ3v) is 8.32. The van der Waals surface area contributed by atoms with Crippen LogP contribution in [0.25, 0.3) is 11.3 Å². The normalized spacial score (nSPS) is 11.5. The molecular formula is C32H33ClN4O5S. The van der Waals surface area contributed by atoms with Gasteiger partial charge in [0.25, 0.3) is 10.1 Å². The second-order valence-electron chi connectivity index (χ2n) is 10.2. The molecule has 0 unspecified atom stereocenters. The zero-order valence-electron chi connectivity index (χ0n) is 24.1. The van der Waals surface area contributed by atoms with E-state index in [0.717, 1.165) is 22.4 Å². The Kier molecular flexibility index (Phi) is 10.2. The van der Waals surface area contributed by atoms with Gasteiger partial charge in [0.2, 0.25) is 5.95 Å². The highest BCUT2D eigenvalue weighted by molar-refractivity contribution is 7.86. The SMILES string of the molecule is C=CCOC(=O)NC(C)(C)c1ccc(-c2nc(Nc3ccc(CCOS(=O)(=O)c4ccccc4C)cc3)ncc2Cl)cc1. The Balaban J connectivity index is 1.38. The molecule has 2 N–H and O–H groups in total. The smallest absolute Gasteiger partial charge is 0.408 e. The number of nitrogens with one attached hydrogen (secondary N) is 2. The van der Waals surface area contributed by atoms with Crippen LogP contribution in [0.15, 0.2) is 96.5 Å². The summed E-state index contributed by atoms with van der Waals surface area (Å²) in [5.74, 6) is 0.357. The van der Waals surface area contributed by atoms with Crippen LogP contribution in [0.1, 0.15) is 30.5 Å². The molecule has 4 rings (SSSR count). The molecule has 0 bridgehead atoms. The van der Waals surface area contributed by atoms with Crippen LogP contribution in [-0.4, -0.2) is 37.7 Å². The summed E-state index contributed by atoms with van der Waals surface area (Å²) < 4.78 is 35.3. The van der Waals surface area contributed by atoms with Crippen LogP contribution in [0.5, 0.6) is 0 Å². The fourth-order valence-corrected chi connectivity index (χ4v) is 5.56. The maximum absolute atomic E-state index is 12.5. The molecule has 1 aromatic heterocycles. The lowest BCUT2D eigenvalue weighted by atomic mass is 9.93. The molecule has 9 nitrogen and oxygen atoms in total. The van der Waals surface area contributed by atoms with Crippen molar-refractivity contribution in [2.45, 2.75) is 37.6 Å². The summed E-state index contributed by atoms with van der Waals surface area (Å²) in [6.07, 6.45) is 2.93. The summed E-state index contributed by atoms with van der Waals surface area (Å²) in [6.45, 7) is 9.19. The minimum absolute atomic E-state index is 0.0263. The van der Waals surface area contributed by atoms with Gasteiger partial charge in [-0.3, -0.25) is 4.18 Å². The van der Waals surface area contributed by atoms with Gasteiger partial charge in [-0.05, 0) is 62.1 Å². The predicted molar refractivity (Wildman–Crippen MR) is 168 cm³/mol. The number of nitrogens with zero attached hydrogens (tertiary/aromatic N) is 2. The minimum Gasteiger partial charge on any atom is -0.445 e. The van der Waals surface area contributed by atoms with Gasteiger partial charge in [-0.25, -0.2) is 14.8 Å². The lowest BCUT2D eigenvalue weighted by molar-refractivity contribution is 0.147. The summed E-state index contributed by atoms with van der Waals surface area (Å²) in [5.41, 5.74) is 3.82. The van der Waals surface area contributed by atoms with Crippen LogP contribution in [-0.2, 0) is 31.0 Å². The number of rotatable bonds is 12. The highest BCUT2D eigenvalue weighted by Crippen LogP contribution is 2.29. The molecule has 11 heteroatoms. The van der Waals surface area contributed by atoms with Gasteiger partial charge in [0, 0.05) is 11.3 Å². The highest BCUT2D eigenvalue weighted by Gasteiger charge is 2.24. The molecule has 3 aromatic carbocycles. The average Bonchev–Trinajstić information content (AvgIpc) is 2.98. The lowest BCUT2D eigenvalue weighted by Crippen LogP contribution is -2.41. The minimum atomic E-state index is -3.82. The third kappa shape index (κ3) is 8.41. The molecule has 1 amide bonds. The van der Waals surface area contributed by atoms with Gasteiger partial charge < -0.3 is 15.4 Å². The second kappa shape index (κ2) is 13.8. The van der Waals surface area contributed by atoms with Crippen LogP contribution >= 0.6 is 11.6 Å². The topological polar surface area (TPSA) is 120 Å². The molecule has 224 valence electrons. The third-order valence-electron chi connectivity index (χ3n) is 6.57. The van der Waals surface area contributed by atoms with Crippen molar-refractivity contribution in [3.63, 3.8) is 0 Å². The molecule has 43 heavy (non-hydrogen) atoms. The number of aromatic nitrogens is 2. The molecule has 1 heterocycles. The second-order valence-corrected chi connectivity index (χ2v) is 12.2. The number of ether oxygens (including phenoxy) is 1. The van der Waals surface area contributed by atoms with Crippen molar-refractivity contribution in [2.24, 2.45) is 0 Å². The molecule has 0 saturated heterocycles. The van der Waals surface area contributed by atoms with Gasteiger partial charge in [0.05, 0.1) is 34.0 Å². The number of halogens is 1. The first kappa shape index (κ1) is 31.7. The van der Waals surface area contributed by atoms with Crippen molar-refractivity contribution in [3.05, 3.63) is 113 Å². The number of carbonyl (C=O) groups excluding carboxylic acids is 1. The van der Waals surface area contributed by atoms with E-state index in [4.69, 9.17) is 20.5 Å². The van der Waals surface area contributed by atoms with Gasteiger partial charge >= 0.3 is 6.09 Å². The van der Waals surface area contributed by atoms with E-state index in [2.05, 4.69) is 27.2 Å². The molecule has 0 aliphatic heterocycles. The van der Waals surface area contributed by atoms with Gasteiger partial charge in [0.15, 0.2) is 0 Å². The van der Waals surface area contributed by atoms with Gasteiger partial charge in [-0.1, -0.05) is 78.9 Å². The van der Waals surface area contributed by atoms with E-state index in [1.165, 1.54) is 18.3 Å². The Hall–Kier alpha value is -4.25. The van der Waals surface area contributed by atoms with Crippen molar-refractivity contribution >= 4 is 39.4 Å². The zero-order valence-corrected chi connectivity index (χ0v) is 25.7. The summed E-state index contributed by atoms with van der Waals surface area (Å²) in [7, 11) is -3.82. The Morgan fingerprint density at radius 1 is 1.05 bits per heavy atom. The van der Waals surface area contributed by atoms with Gasteiger partial charge in [-0.2, -0.15) is 8.42 Å². The quantitative estimate of drug-likeness (QED) is 0.129. The lowest BCUT2D eigenvalue weighted by Gasteiger charge is -2.26. The maximum atomic E-state index is 12.5. The number of anilines is 2. The Morgan fingerprint density at radius 3 is 2.42 bits per heavy atom. The van der Waals surface area contributed by atoms with E-state index in [9.17, 15) is 13.2 Å². The average molecular weight is 621 g/mol. The first-order valence-corrected chi connectivity index (χ1v) is 15.3. The molecule has 0 aliphatic rings. The van der Waals surface area contributed by atoms with Gasteiger partial charge in [0.1, 0.15) is 6.61 Å². The van der Waals surface area contributed by atoms with Crippen LogP contribution in [0.4, 0.5) is 16.4 Å². The molecule has 0 fully saturated rings. The Morgan fingerprint density at radius 2 is 1.74 bits per heavy atom. The molecule has 0 radical (unpaired) electrons. The molecular weight excluding hydrogens is 588 g/mol. The van der Waals surface area contributed by atoms with Crippen molar-refractivity contribution in [1.29, 1.82) is 0 Å². The highest BCUT2D eigenvalue weighted by atomic mass is 35.5. The molecule has 0 atom stereocenters. The number of hydrogen-bond donors (Lipinski definition) is 2. The van der Waals surface area contributed by atoms with Crippen LogP contribution < -0.4 is 10.6 Å². The van der Waals surface area contributed by atoms with E-state index >= 15 is 0 Å². The first-order valence-electron chi connectivity index (χ1n) is 13.5. The Bertz CT molecular complexity index is 1690. The number of amides is 1. The fourth-order valence-electron chi connectivity index (χ4n) is 4.23. The summed E-state index contributed by atoms with van der Waals surface area (Å²) in [4.78, 5) is 21.1. The number of alkyl carbamates (subject to hydrolysis) is 1. The molecule has 0 spiro atoms. The molecule has 4 aromatic rings. The van der Waals surface area contributed by atoms with Crippen molar-refractivity contribution in [2.75, 3.05) is 18.5 Å². The van der Waals surface area contributed by atoms with Gasteiger partial charge in [-0.15, -0.1) is 0 Å². The zero-order chi connectivity index (χ0) is 31.0. The Labute approximate surface area is 257 Å². The van der Waals surface area contributed by atoms with E-state index in [0.29, 0.717) is 28.6 Å². The van der Waals surface area contributed by atoms with Crippen LogP contribution in [0.3, 0.4) is 0 Å². The fraction of sp³-hybridized carbons (Fsp3) is 0.219. The maximum Gasteiger partial charge on any atom is 0.408 e. The molecule has 0 aliphatic carbocycles.